The Morgan fingerprint density at radius 1 is 1.47 bits per heavy atom. The van der Waals surface area contributed by atoms with E-state index >= 15 is 0 Å². The number of nitrogens with zero attached hydrogens (tertiary/aromatic N) is 1. The van der Waals surface area contributed by atoms with Crippen LogP contribution in [0, 0.1) is 6.92 Å². The third-order valence-corrected chi connectivity index (χ3v) is 2.43. The quantitative estimate of drug-likeness (QED) is 0.642. The number of nitrogens with one attached hydrogen (secondary N) is 3. The first-order valence-corrected chi connectivity index (χ1v) is 5.94. The van der Waals surface area contributed by atoms with E-state index in [2.05, 4.69) is 15.6 Å². The minimum atomic E-state index is -1.11. The second kappa shape index (κ2) is 6.24. The van der Waals surface area contributed by atoms with Gasteiger partial charge in [-0.1, -0.05) is 0 Å². The summed E-state index contributed by atoms with van der Waals surface area (Å²) in [6.07, 6.45) is 0. The molecule has 0 aliphatic heterocycles. The van der Waals surface area contributed by atoms with Crippen LogP contribution >= 0.6 is 0 Å². The van der Waals surface area contributed by atoms with Crippen LogP contribution in [0.5, 0.6) is 0 Å². The Kier molecular flexibility index (Phi) is 4.94. The topological polar surface area (TPSA) is 97.5 Å². The molecular weight excluding hydrogens is 248 g/mol. The van der Waals surface area contributed by atoms with Gasteiger partial charge in [0.25, 0.3) is 0 Å². The molecule has 1 heterocycles. The van der Waals surface area contributed by atoms with Gasteiger partial charge in [0.2, 0.25) is 0 Å². The standard InChI is InChI=1S/C12H20N4O3/c1-7-5-9(10(13-7)11(17)18)15-12(19)14-8(2)6-16(3)4/h5,8,13H,6H2,1-4H3,(H,17,18)(H2,14,15,19). The van der Waals surface area contributed by atoms with Crippen LogP contribution in [0.15, 0.2) is 6.07 Å². The molecule has 0 aliphatic rings. The van der Waals surface area contributed by atoms with Crippen LogP contribution < -0.4 is 10.6 Å². The highest BCUT2D eigenvalue weighted by Gasteiger charge is 2.16. The van der Waals surface area contributed by atoms with Gasteiger partial charge in [-0.15, -0.1) is 0 Å². The van der Waals surface area contributed by atoms with Crippen LogP contribution in [0.3, 0.4) is 0 Å². The lowest BCUT2D eigenvalue weighted by Gasteiger charge is -2.18. The zero-order valence-corrected chi connectivity index (χ0v) is 11.6. The van der Waals surface area contributed by atoms with Gasteiger partial charge >= 0.3 is 12.0 Å². The Morgan fingerprint density at radius 2 is 2.11 bits per heavy atom. The van der Waals surface area contributed by atoms with Crippen LogP contribution in [-0.4, -0.2) is 53.7 Å². The summed E-state index contributed by atoms with van der Waals surface area (Å²) in [5.74, 6) is -1.11. The fraction of sp³-hybridized carbons (Fsp3) is 0.500. The van der Waals surface area contributed by atoms with Gasteiger partial charge in [0.15, 0.2) is 0 Å². The molecule has 0 aliphatic carbocycles. The molecule has 4 N–H and O–H groups in total. The van der Waals surface area contributed by atoms with Crippen molar-refractivity contribution in [1.82, 2.24) is 15.2 Å². The Hall–Kier alpha value is -2.02. The lowest BCUT2D eigenvalue weighted by Crippen LogP contribution is -2.41. The highest BCUT2D eigenvalue weighted by Crippen LogP contribution is 2.16. The second-order valence-electron chi connectivity index (χ2n) is 4.81. The third-order valence-electron chi connectivity index (χ3n) is 2.43. The highest BCUT2D eigenvalue weighted by molar-refractivity contribution is 5.99. The molecule has 1 aromatic heterocycles. The highest BCUT2D eigenvalue weighted by atomic mass is 16.4. The molecule has 2 amide bonds. The molecule has 0 bridgehead atoms. The van der Waals surface area contributed by atoms with E-state index in [0.29, 0.717) is 12.2 Å². The maximum absolute atomic E-state index is 11.7. The molecule has 1 unspecified atom stereocenters. The number of hydrogen-bond donors (Lipinski definition) is 4. The first kappa shape index (κ1) is 15.0. The second-order valence-corrected chi connectivity index (χ2v) is 4.81. The number of carbonyl (C=O) groups excluding carboxylic acids is 1. The Morgan fingerprint density at radius 3 is 2.63 bits per heavy atom. The summed E-state index contributed by atoms with van der Waals surface area (Å²) >= 11 is 0. The van der Waals surface area contributed by atoms with Crippen molar-refractivity contribution in [3.63, 3.8) is 0 Å². The van der Waals surface area contributed by atoms with Crippen molar-refractivity contribution in [2.24, 2.45) is 0 Å². The zero-order chi connectivity index (χ0) is 14.6. The summed E-state index contributed by atoms with van der Waals surface area (Å²) in [6.45, 7) is 4.30. The molecule has 0 spiro atoms. The van der Waals surface area contributed by atoms with E-state index in [0.717, 1.165) is 0 Å². The number of likely N-dealkylation sites (N-methyl/N-ethyl adjacent to an activating group) is 1. The molecule has 7 nitrogen and oxygen atoms in total. The summed E-state index contributed by atoms with van der Waals surface area (Å²) in [7, 11) is 3.82. The molecule has 1 atom stereocenters. The summed E-state index contributed by atoms with van der Waals surface area (Å²) in [4.78, 5) is 27.4. The van der Waals surface area contributed by atoms with Crippen molar-refractivity contribution < 1.29 is 14.7 Å². The number of hydrogen-bond acceptors (Lipinski definition) is 3. The first-order chi connectivity index (χ1) is 8.79. The number of H-pyrrole nitrogens is 1. The van der Waals surface area contributed by atoms with Crippen LogP contribution in [0.25, 0.3) is 0 Å². The summed E-state index contributed by atoms with van der Waals surface area (Å²) < 4.78 is 0. The van der Waals surface area contributed by atoms with E-state index < -0.39 is 12.0 Å². The molecule has 1 aromatic rings. The van der Waals surface area contributed by atoms with Crippen LogP contribution in [0.4, 0.5) is 10.5 Å². The van der Waals surface area contributed by atoms with E-state index in [1.165, 1.54) is 0 Å². The molecular formula is C12H20N4O3. The maximum atomic E-state index is 11.7. The SMILES string of the molecule is Cc1cc(NC(=O)NC(C)CN(C)C)c(C(=O)O)[nH]1. The molecule has 1 rings (SSSR count). The number of carboxylic acids is 1. The average molecular weight is 268 g/mol. The number of aromatic amines is 1. The van der Waals surface area contributed by atoms with Gasteiger partial charge in [-0.2, -0.15) is 0 Å². The smallest absolute Gasteiger partial charge is 0.354 e. The van der Waals surface area contributed by atoms with E-state index in [4.69, 9.17) is 5.11 Å². The first-order valence-electron chi connectivity index (χ1n) is 5.94. The fourth-order valence-corrected chi connectivity index (χ4v) is 1.83. The van der Waals surface area contributed by atoms with Crippen LogP contribution in [-0.2, 0) is 0 Å². The predicted octanol–water partition coefficient (Wildman–Crippen LogP) is 1.09. The van der Waals surface area contributed by atoms with Crippen molar-refractivity contribution in [2.45, 2.75) is 19.9 Å². The third kappa shape index (κ3) is 4.63. The molecule has 0 saturated heterocycles. The lowest BCUT2D eigenvalue weighted by molar-refractivity contribution is 0.0692. The van der Waals surface area contributed by atoms with Crippen molar-refractivity contribution in [3.8, 4) is 0 Å². The van der Waals surface area contributed by atoms with Gasteiger partial charge < -0.3 is 25.6 Å². The number of anilines is 1. The van der Waals surface area contributed by atoms with Gasteiger partial charge in [-0.05, 0) is 34.0 Å². The summed E-state index contributed by atoms with van der Waals surface area (Å²) in [5, 5.41) is 14.3. The Balaban J connectivity index is 2.64. The average Bonchev–Trinajstić information content (AvgIpc) is 2.57. The number of rotatable bonds is 5. The van der Waals surface area contributed by atoms with Crippen molar-refractivity contribution in [2.75, 3.05) is 26.0 Å². The Bertz CT molecular complexity index is 468. The maximum Gasteiger partial charge on any atom is 0.354 e. The van der Waals surface area contributed by atoms with Crippen molar-refractivity contribution in [1.29, 1.82) is 0 Å². The minimum Gasteiger partial charge on any atom is -0.477 e. The molecule has 19 heavy (non-hydrogen) atoms. The largest absolute Gasteiger partial charge is 0.477 e. The van der Waals surface area contributed by atoms with Crippen LogP contribution in [0.2, 0.25) is 0 Å². The van der Waals surface area contributed by atoms with Crippen LogP contribution in [0.1, 0.15) is 23.1 Å². The van der Waals surface area contributed by atoms with Gasteiger partial charge in [-0.25, -0.2) is 9.59 Å². The summed E-state index contributed by atoms with van der Waals surface area (Å²) in [5.41, 5.74) is 0.918. The monoisotopic (exact) mass is 268 g/mol. The number of aromatic carboxylic acids is 1. The molecule has 0 radical (unpaired) electrons. The molecule has 106 valence electrons. The normalized spacial score (nSPS) is 12.3. The lowest BCUT2D eigenvalue weighted by atomic mass is 10.3. The van der Waals surface area contributed by atoms with E-state index in [1.807, 2.05) is 25.9 Å². The van der Waals surface area contributed by atoms with E-state index in [-0.39, 0.29) is 17.4 Å². The molecule has 0 aromatic carbocycles. The summed E-state index contributed by atoms with van der Waals surface area (Å²) in [6, 6.07) is 1.12. The predicted molar refractivity (Wildman–Crippen MR) is 72.7 cm³/mol. The van der Waals surface area contributed by atoms with Crippen molar-refractivity contribution >= 4 is 17.7 Å². The number of aromatic nitrogens is 1. The number of amides is 2. The zero-order valence-electron chi connectivity index (χ0n) is 11.6. The number of carbonyl (C=O) groups is 2. The van der Waals surface area contributed by atoms with E-state index in [1.54, 1.807) is 13.0 Å². The number of urea groups is 1. The van der Waals surface area contributed by atoms with Gasteiger partial charge in [0, 0.05) is 18.3 Å². The van der Waals surface area contributed by atoms with Gasteiger partial charge in [0.05, 0.1) is 5.69 Å². The number of carboxylic acid groups (broad SMARTS) is 1. The van der Waals surface area contributed by atoms with E-state index in [9.17, 15) is 9.59 Å². The van der Waals surface area contributed by atoms with Gasteiger partial charge in [-0.3, -0.25) is 0 Å². The number of aryl methyl sites for hydroxylation is 1. The van der Waals surface area contributed by atoms with Crippen molar-refractivity contribution in [3.05, 3.63) is 17.5 Å². The molecule has 7 heteroatoms. The molecule has 0 saturated carbocycles. The minimum absolute atomic E-state index is 0.0205. The van der Waals surface area contributed by atoms with Gasteiger partial charge in [0.1, 0.15) is 5.69 Å². The Labute approximate surface area is 112 Å². The molecule has 0 fully saturated rings. The fourth-order valence-electron chi connectivity index (χ4n) is 1.83.